The molecule has 0 bridgehead atoms. The van der Waals surface area contributed by atoms with E-state index < -0.39 is 0 Å². The summed E-state index contributed by atoms with van der Waals surface area (Å²) in [5.41, 5.74) is 2.80. The number of benzene rings is 2. The summed E-state index contributed by atoms with van der Waals surface area (Å²) >= 11 is 11.2. The minimum atomic E-state index is -0.178. The zero-order valence-corrected chi connectivity index (χ0v) is 17.7. The number of carbonyl (C=O) groups is 1. The number of aryl methyl sites for hydroxylation is 1. The normalized spacial score (nSPS) is 10.7. The lowest BCUT2D eigenvalue weighted by atomic mass is 10.1. The minimum absolute atomic E-state index is 0.178. The van der Waals surface area contributed by atoms with Crippen molar-refractivity contribution in [3.05, 3.63) is 67.7 Å². The maximum absolute atomic E-state index is 12.4. The van der Waals surface area contributed by atoms with Crippen LogP contribution in [0.25, 0.3) is 0 Å². The second-order valence-electron chi connectivity index (χ2n) is 5.19. The Labute approximate surface area is 172 Å². The predicted octanol–water partition coefficient (Wildman–Crippen LogP) is 5.65. The number of halogens is 2. The van der Waals surface area contributed by atoms with Crippen LogP contribution in [0.15, 0.2) is 46.8 Å². The first-order chi connectivity index (χ1) is 12.0. The minimum Gasteiger partial charge on any atom is -0.296 e. The lowest BCUT2D eigenvalue weighted by Crippen LogP contribution is -2.13. The lowest BCUT2D eigenvalue weighted by molar-refractivity contribution is 0.102. The number of nitrogens with zero attached hydrogens (tertiary/aromatic N) is 2. The van der Waals surface area contributed by atoms with Crippen molar-refractivity contribution >= 4 is 68.3 Å². The van der Waals surface area contributed by atoms with E-state index in [1.165, 1.54) is 11.3 Å². The number of hydrogen-bond donors (Lipinski definition) is 1. The van der Waals surface area contributed by atoms with Crippen molar-refractivity contribution in [1.82, 2.24) is 10.2 Å². The predicted molar refractivity (Wildman–Crippen MR) is 113 cm³/mol. The van der Waals surface area contributed by atoms with Gasteiger partial charge < -0.3 is 0 Å². The Morgan fingerprint density at radius 1 is 1.28 bits per heavy atom. The van der Waals surface area contributed by atoms with Crippen molar-refractivity contribution in [2.45, 2.75) is 17.0 Å². The fourth-order valence-electron chi connectivity index (χ4n) is 2.04. The van der Waals surface area contributed by atoms with Crippen molar-refractivity contribution in [2.75, 3.05) is 5.32 Å². The summed E-state index contributed by atoms with van der Waals surface area (Å²) in [5.74, 6) is 0.529. The van der Waals surface area contributed by atoms with Gasteiger partial charge in [0, 0.05) is 14.3 Å². The van der Waals surface area contributed by atoms with Crippen molar-refractivity contribution in [3.63, 3.8) is 0 Å². The number of thioether (sulfide) groups is 1. The van der Waals surface area contributed by atoms with Gasteiger partial charge in [-0.15, -0.1) is 10.2 Å². The van der Waals surface area contributed by atoms with E-state index in [2.05, 4.69) is 38.1 Å². The summed E-state index contributed by atoms with van der Waals surface area (Å²) in [7, 11) is 0. The first-order valence-electron chi connectivity index (χ1n) is 7.30. The molecule has 25 heavy (non-hydrogen) atoms. The molecule has 1 N–H and O–H groups in total. The quantitative estimate of drug-likeness (QED) is 0.279. The molecule has 3 aromatic rings. The summed E-state index contributed by atoms with van der Waals surface area (Å²) in [6, 6.07) is 13.4. The van der Waals surface area contributed by atoms with E-state index in [0.717, 1.165) is 24.1 Å². The SMILES string of the molecule is Cc1ccc(C(=O)Nc2nnc(SCc3ccccc3Cl)s2)c(I)c1. The highest BCUT2D eigenvalue weighted by atomic mass is 127. The van der Waals surface area contributed by atoms with Crippen molar-refractivity contribution in [2.24, 2.45) is 0 Å². The van der Waals surface area contributed by atoms with Gasteiger partial charge in [-0.25, -0.2) is 0 Å². The third-order valence-corrected chi connectivity index (χ3v) is 6.59. The number of carbonyl (C=O) groups excluding carboxylic acids is 1. The fraction of sp³-hybridized carbons (Fsp3) is 0.118. The molecule has 0 saturated carbocycles. The van der Waals surface area contributed by atoms with Crippen LogP contribution in [0.1, 0.15) is 21.5 Å². The van der Waals surface area contributed by atoms with Crippen LogP contribution in [0.4, 0.5) is 5.13 Å². The molecule has 0 aliphatic heterocycles. The molecule has 1 amide bonds. The first-order valence-corrected chi connectivity index (χ1v) is 10.6. The smallest absolute Gasteiger partial charge is 0.258 e. The van der Waals surface area contributed by atoms with E-state index in [4.69, 9.17) is 11.6 Å². The maximum atomic E-state index is 12.4. The van der Waals surface area contributed by atoms with Crippen molar-refractivity contribution in [3.8, 4) is 0 Å². The van der Waals surface area contributed by atoms with E-state index >= 15 is 0 Å². The molecule has 8 heteroatoms. The highest BCUT2D eigenvalue weighted by Gasteiger charge is 2.13. The van der Waals surface area contributed by atoms with Gasteiger partial charge in [0.2, 0.25) is 5.13 Å². The molecular weight excluding hydrogens is 489 g/mol. The Hall–Kier alpha value is -1.16. The number of amides is 1. The van der Waals surface area contributed by atoms with Crippen LogP contribution in [0.3, 0.4) is 0 Å². The van der Waals surface area contributed by atoms with Crippen LogP contribution >= 0.6 is 57.3 Å². The average Bonchev–Trinajstić information content (AvgIpc) is 3.01. The van der Waals surface area contributed by atoms with E-state index in [-0.39, 0.29) is 5.91 Å². The Bertz CT molecular complexity index is 916. The van der Waals surface area contributed by atoms with E-state index in [1.807, 2.05) is 49.4 Å². The number of anilines is 1. The molecule has 0 spiro atoms. The number of rotatable bonds is 5. The zero-order chi connectivity index (χ0) is 17.8. The Morgan fingerprint density at radius 2 is 2.08 bits per heavy atom. The molecule has 0 fully saturated rings. The summed E-state index contributed by atoms with van der Waals surface area (Å²) in [5, 5.41) is 12.2. The molecule has 0 saturated heterocycles. The second kappa shape index (κ2) is 8.48. The van der Waals surface area contributed by atoms with E-state index in [1.54, 1.807) is 11.8 Å². The lowest BCUT2D eigenvalue weighted by Gasteiger charge is -2.04. The maximum Gasteiger partial charge on any atom is 0.258 e. The standard InChI is InChI=1S/C17H13ClIN3OS2/c1-10-6-7-12(14(19)8-10)15(23)20-16-21-22-17(25-16)24-9-11-4-2-3-5-13(11)18/h2-8H,9H2,1H3,(H,20,21,23). The summed E-state index contributed by atoms with van der Waals surface area (Å²) in [4.78, 5) is 12.4. The van der Waals surface area contributed by atoms with Gasteiger partial charge in [0.1, 0.15) is 0 Å². The first kappa shape index (κ1) is 18.6. The van der Waals surface area contributed by atoms with Gasteiger partial charge in [0.25, 0.3) is 5.91 Å². The molecule has 0 atom stereocenters. The van der Waals surface area contributed by atoms with Gasteiger partial charge in [-0.05, 0) is 53.3 Å². The zero-order valence-electron chi connectivity index (χ0n) is 13.1. The molecule has 0 aliphatic rings. The monoisotopic (exact) mass is 501 g/mol. The van der Waals surface area contributed by atoms with Crippen LogP contribution in [-0.2, 0) is 5.75 Å². The molecule has 4 nitrogen and oxygen atoms in total. The number of hydrogen-bond acceptors (Lipinski definition) is 5. The van der Waals surface area contributed by atoms with Gasteiger partial charge >= 0.3 is 0 Å². The van der Waals surface area contributed by atoms with Crippen molar-refractivity contribution < 1.29 is 4.79 Å². The summed E-state index contributed by atoms with van der Waals surface area (Å²) in [6.07, 6.45) is 0. The molecule has 0 unspecified atom stereocenters. The topological polar surface area (TPSA) is 54.9 Å². The molecule has 0 radical (unpaired) electrons. The molecule has 2 aromatic carbocycles. The van der Waals surface area contributed by atoms with Gasteiger partial charge in [-0.3, -0.25) is 10.1 Å². The van der Waals surface area contributed by atoms with Crippen molar-refractivity contribution in [1.29, 1.82) is 0 Å². The third kappa shape index (κ3) is 4.93. The molecule has 0 aliphatic carbocycles. The second-order valence-corrected chi connectivity index (χ2v) is 8.96. The summed E-state index contributed by atoms with van der Waals surface area (Å²) < 4.78 is 1.70. The van der Waals surface area contributed by atoms with Gasteiger partial charge in [-0.2, -0.15) is 0 Å². The van der Waals surface area contributed by atoms with E-state index in [0.29, 0.717) is 16.4 Å². The third-order valence-electron chi connectivity index (χ3n) is 3.31. The van der Waals surface area contributed by atoms with Gasteiger partial charge in [0.15, 0.2) is 4.34 Å². The van der Waals surface area contributed by atoms with Gasteiger partial charge in [-0.1, -0.05) is 64.5 Å². The van der Waals surface area contributed by atoms with Crippen LogP contribution in [0, 0.1) is 10.5 Å². The number of nitrogens with one attached hydrogen (secondary N) is 1. The Morgan fingerprint density at radius 3 is 2.84 bits per heavy atom. The summed E-state index contributed by atoms with van der Waals surface area (Å²) in [6.45, 7) is 2.00. The van der Waals surface area contributed by atoms with Gasteiger partial charge in [0.05, 0.1) is 5.56 Å². The van der Waals surface area contributed by atoms with Crippen LogP contribution < -0.4 is 5.32 Å². The van der Waals surface area contributed by atoms with Crippen LogP contribution in [-0.4, -0.2) is 16.1 Å². The Kier molecular flexibility index (Phi) is 6.32. The molecular formula is C17H13ClIN3OS2. The van der Waals surface area contributed by atoms with E-state index in [9.17, 15) is 4.79 Å². The largest absolute Gasteiger partial charge is 0.296 e. The number of aromatic nitrogens is 2. The highest BCUT2D eigenvalue weighted by molar-refractivity contribution is 14.1. The molecule has 128 valence electrons. The fourth-order valence-corrected chi connectivity index (χ4v) is 4.99. The molecule has 1 heterocycles. The molecule has 3 rings (SSSR count). The average molecular weight is 502 g/mol. The molecule has 1 aromatic heterocycles. The van der Waals surface area contributed by atoms with Crippen LogP contribution in [0.2, 0.25) is 5.02 Å². The van der Waals surface area contributed by atoms with Crippen LogP contribution in [0.5, 0.6) is 0 Å². The Balaban J connectivity index is 1.63. The highest BCUT2D eigenvalue weighted by Crippen LogP contribution is 2.30.